The zero-order valence-electron chi connectivity index (χ0n) is 49.6. The van der Waals surface area contributed by atoms with Gasteiger partial charge in [0.25, 0.3) is 0 Å². The van der Waals surface area contributed by atoms with Crippen molar-refractivity contribution in [3.05, 3.63) is 364 Å². The van der Waals surface area contributed by atoms with Gasteiger partial charge in [-0.15, -0.1) is 0 Å². The first kappa shape index (κ1) is 53.7. The number of hydrogen-bond donors (Lipinski definition) is 0. The van der Waals surface area contributed by atoms with Gasteiger partial charge in [0.05, 0.1) is 0 Å². The molecule has 16 aromatic rings. The highest BCUT2D eigenvalue weighted by Crippen LogP contribution is 2.53. The van der Waals surface area contributed by atoms with Gasteiger partial charge in [0.2, 0.25) is 0 Å². The van der Waals surface area contributed by atoms with Crippen molar-refractivity contribution in [2.24, 2.45) is 0 Å². The molecule has 0 saturated carbocycles. The van der Waals surface area contributed by atoms with Gasteiger partial charge in [0.1, 0.15) is 0 Å². The maximum absolute atomic E-state index is 2.55. The van der Waals surface area contributed by atoms with E-state index in [9.17, 15) is 0 Å². The molecule has 420 valence electrons. The van der Waals surface area contributed by atoms with E-state index in [2.05, 4.69) is 364 Å². The molecule has 0 amide bonds. The van der Waals surface area contributed by atoms with Gasteiger partial charge in [0, 0.05) is 0 Å². The first-order chi connectivity index (χ1) is 44.7. The molecule has 0 aliphatic heterocycles. The normalized spacial score (nSPS) is 11.3. The predicted octanol–water partition coefficient (Wildman–Crippen LogP) is 25.2. The molecule has 0 saturated heterocycles. The van der Waals surface area contributed by atoms with E-state index in [1.165, 1.54) is 166 Å². The molecule has 0 nitrogen and oxygen atoms in total. The largest absolute Gasteiger partial charge is 0.0622 e. The Kier molecular flexibility index (Phi) is 14.1. The zero-order chi connectivity index (χ0) is 59.7. The van der Waals surface area contributed by atoms with Crippen molar-refractivity contribution in [3.8, 4) is 134 Å². The van der Waals surface area contributed by atoms with E-state index in [1.54, 1.807) is 0 Å². The van der Waals surface area contributed by atoms with Gasteiger partial charge in [-0.1, -0.05) is 328 Å². The second-order valence-electron chi connectivity index (χ2n) is 23.3. The van der Waals surface area contributed by atoms with Crippen molar-refractivity contribution in [2.75, 3.05) is 0 Å². The molecule has 0 heteroatoms. The molecule has 0 unspecified atom stereocenters. The van der Waals surface area contributed by atoms with Crippen LogP contribution in [0.2, 0.25) is 0 Å². The van der Waals surface area contributed by atoms with Gasteiger partial charge in [-0.2, -0.15) is 0 Å². The molecule has 0 fully saturated rings. The monoisotopic (exact) mass is 1140 g/mol. The molecule has 0 aliphatic carbocycles. The van der Waals surface area contributed by atoms with Crippen LogP contribution >= 0.6 is 0 Å². The molecule has 16 aromatic carbocycles. The fraction of sp³-hybridized carbons (Fsp3) is 0. The maximum atomic E-state index is 2.55. The minimum Gasteiger partial charge on any atom is -0.0622 e. The van der Waals surface area contributed by atoms with Crippen LogP contribution in [0.1, 0.15) is 0 Å². The summed E-state index contributed by atoms with van der Waals surface area (Å²) < 4.78 is 0. The first-order valence-electron chi connectivity index (χ1n) is 31.1. The summed E-state index contributed by atoms with van der Waals surface area (Å²) in [6.45, 7) is 0. The molecule has 16 rings (SSSR count). The van der Waals surface area contributed by atoms with Gasteiger partial charge in [-0.05, 0) is 202 Å². The van der Waals surface area contributed by atoms with E-state index in [4.69, 9.17) is 0 Å². The summed E-state index contributed by atoms with van der Waals surface area (Å²) in [5.74, 6) is 0. The van der Waals surface area contributed by atoms with Crippen molar-refractivity contribution in [3.63, 3.8) is 0 Å². The van der Waals surface area contributed by atoms with Crippen LogP contribution in [0.25, 0.3) is 166 Å². The molecule has 0 N–H and O–H groups in total. The third-order valence-electron chi connectivity index (χ3n) is 18.2. The van der Waals surface area contributed by atoms with Crippen LogP contribution in [-0.2, 0) is 0 Å². The van der Waals surface area contributed by atoms with Crippen molar-refractivity contribution in [2.45, 2.75) is 0 Å². The zero-order valence-corrected chi connectivity index (χ0v) is 49.6. The lowest BCUT2D eigenvalue weighted by molar-refractivity contribution is 1.56. The lowest BCUT2D eigenvalue weighted by Crippen LogP contribution is -1.97. The molecule has 0 atom stereocenters. The van der Waals surface area contributed by atoms with E-state index in [1.807, 2.05) is 0 Å². The second-order valence-corrected chi connectivity index (χ2v) is 23.3. The van der Waals surface area contributed by atoms with Crippen LogP contribution in [0.4, 0.5) is 0 Å². The van der Waals surface area contributed by atoms with Gasteiger partial charge in [0.15, 0.2) is 0 Å². The topological polar surface area (TPSA) is 0 Å². The molecule has 0 bridgehead atoms. The van der Waals surface area contributed by atoms with Crippen molar-refractivity contribution in [1.29, 1.82) is 0 Å². The lowest BCUT2D eigenvalue weighted by atomic mass is 9.79. The highest BCUT2D eigenvalue weighted by atomic mass is 14.3. The number of benzene rings is 16. The summed E-state index contributed by atoms with van der Waals surface area (Å²) >= 11 is 0. The Morgan fingerprint density at radius 3 is 0.333 bits per heavy atom. The van der Waals surface area contributed by atoms with Crippen LogP contribution in [0, 0.1) is 0 Å². The van der Waals surface area contributed by atoms with Crippen molar-refractivity contribution >= 4 is 32.3 Å². The van der Waals surface area contributed by atoms with Gasteiger partial charge < -0.3 is 0 Å². The molecule has 0 heterocycles. The second kappa shape index (κ2) is 23.5. The third-order valence-corrected chi connectivity index (χ3v) is 18.2. The van der Waals surface area contributed by atoms with Gasteiger partial charge in [-0.3, -0.25) is 0 Å². The molecule has 0 radical (unpaired) electrons. The van der Waals surface area contributed by atoms with Gasteiger partial charge >= 0.3 is 0 Å². The highest BCUT2D eigenvalue weighted by molar-refractivity contribution is 6.30. The molecular formula is C90H60. The molecule has 0 aromatic heterocycles. The number of fused-ring (bicyclic) bond motifs is 6. The SMILES string of the molecule is c1ccc(-c2ccccc2-c2cc3c4cc(-c5ccccc5-c5ccccc5)c(-c5ccccc5-c5ccccc5)cc4c4cc(-c5ccccc5-c5ccccc5)c(-c5ccccc5-c5ccccc5)cc4c3cc2-c2ccccc2-c2ccccc2)cc1. The molecular weight excluding hydrogens is 1080 g/mol. The predicted molar refractivity (Wildman–Crippen MR) is 384 cm³/mol. The van der Waals surface area contributed by atoms with Crippen molar-refractivity contribution < 1.29 is 0 Å². The Hall–Kier alpha value is -11.7. The van der Waals surface area contributed by atoms with E-state index in [-0.39, 0.29) is 0 Å². The summed E-state index contributed by atoms with van der Waals surface area (Å²) in [5.41, 5.74) is 28.1. The summed E-state index contributed by atoms with van der Waals surface area (Å²) in [4.78, 5) is 0. The Balaban J connectivity index is 1.13. The standard InChI is InChI=1S/C90H60/c1-7-31-61(32-8-1)67-43-19-25-49-73(67)79-55-85-86(56-80(79)74-50-26-20-44-68(74)62-33-9-2-10-34-62)88-58-82(76-52-28-22-46-70(76)64-37-13-4-14-38-64)84(78-54-30-24-48-72(78)66-41-17-6-18-42-66)60-90(88)89-59-83(77-53-29-23-47-71(77)65-39-15-5-16-40-65)81(57-87(85)89)75-51-27-21-45-69(75)63-35-11-3-12-36-63/h1-60H. The molecule has 0 spiro atoms. The number of hydrogen-bond acceptors (Lipinski definition) is 0. The molecule has 0 aliphatic rings. The minimum absolute atomic E-state index is 1.17. The fourth-order valence-electron chi connectivity index (χ4n) is 14.0. The van der Waals surface area contributed by atoms with Crippen LogP contribution in [0.15, 0.2) is 364 Å². The van der Waals surface area contributed by atoms with Crippen LogP contribution in [0.5, 0.6) is 0 Å². The first-order valence-corrected chi connectivity index (χ1v) is 31.1. The minimum atomic E-state index is 1.17. The Labute approximate surface area is 526 Å². The summed E-state index contributed by atoms with van der Waals surface area (Å²) in [6.07, 6.45) is 0. The van der Waals surface area contributed by atoms with E-state index >= 15 is 0 Å². The lowest BCUT2D eigenvalue weighted by Gasteiger charge is -2.24. The smallest absolute Gasteiger partial charge is 0.00921 e. The average molecular weight is 1140 g/mol. The number of rotatable bonds is 12. The third kappa shape index (κ3) is 9.78. The summed E-state index contributed by atoms with van der Waals surface area (Å²) in [7, 11) is 0. The average Bonchev–Trinajstić information content (AvgIpc) is 0.726. The Morgan fingerprint density at radius 1 is 0.0889 bits per heavy atom. The Bertz CT molecular complexity index is 4400. The van der Waals surface area contributed by atoms with Crippen molar-refractivity contribution in [1.82, 2.24) is 0 Å². The maximum Gasteiger partial charge on any atom is -0.00921 e. The van der Waals surface area contributed by atoms with E-state index in [0.29, 0.717) is 0 Å². The van der Waals surface area contributed by atoms with Crippen LogP contribution < -0.4 is 0 Å². The van der Waals surface area contributed by atoms with Crippen LogP contribution in [0.3, 0.4) is 0 Å². The highest BCUT2D eigenvalue weighted by Gasteiger charge is 2.26. The fourth-order valence-corrected chi connectivity index (χ4v) is 14.0. The molecule has 90 heavy (non-hydrogen) atoms. The Morgan fingerprint density at radius 2 is 0.200 bits per heavy atom. The van der Waals surface area contributed by atoms with Gasteiger partial charge in [-0.25, -0.2) is 0 Å². The van der Waals surface area contributed by atoms with Crippen LogP contribution in [-0.4, -0.2) is 0 Å². The van der Waals surface area contributed by atoms with E-state index in [0.717, 1.165) is 0 Å². The summed E-state index contributed by atoms with van der Waals surface area (Å²) in [6, 6.07) is 135. The van der Waals surface area contributed by atoms with E-state index < -0.39 is 0 Å². The quantitative estimate of drug-likeness (QED) is 0.107. The summed E-state index contributed by atoms with van der Waals surface area (Å²) in [5, 5.41) is 7.07.